The molecule has 0 saturated carbocycles. The molecule has 1 aromatic carbocycles. The Bertz CT molecular complexity index is 627. The molecule has 2 aromatic rings. The summed E-state index contributed by atoms with van der Waals surface area (Å²) in [6.07, 6.45) is 1.89. The molecule has 0 spiro atoms. The average molecular weight is 286 g/mol. The minimum absolute atomic E-state index is 0.121. The van der Waals surface area contributed by atoms with E-state index in [0.717, 1.165) is 11.1 Å². The van der Waals surface area contributed by atoms with Crippen molar-refractivity contribution < 1.29 is 14.3 Å². The number of methoxy groups -OCH3 is 2. The van der Waals surface area contributed by atoms with E-state index < -0.39 is 0 Å². The minimum Gasteiger partial charge on any atom is -0.493 e. The van der Waals surface area contributed by atoms with E-state index >= 15 is 0 Å². The van der Waals surface area contributed by atoms with Crippen LogP contribution in [0.3, 0.4) is 0 Å². The van der Waals surface area contributed by atoms with E-state index in [1.807, 2.05) is 25.1 Å². The summed E-state index contributed by atoms with van der Waals surface area (Å²) in [5.74, 6) is 1.69. The summed E-state index contributed by atoms with van der Waals surface area (Å²) < 4.78 is 10.5. The van der Waals surface area contributed by atoms with Gasteiger partial charge >= 0.3 is 0 Å². The van der Waals surface area contributed by atoms with Gasteiger partial charge in [0.1, 0.15) is 5.82 Å². The highest BCUT2D eigenvalue weighted by molar-refractivity contribution is 5.91. The largest absolute Gasteiger partial charge is 0.493 e. The first kappa shape index (κ1) is 14.8. The zero-order valence-corrected chi connectivity index (χ0v) is 12.3. The third kappa shape index (κ3) is 3.72. The van der Waals surface area contributed by atoms with Crippen molar-refractivity contribution in [1.82, 2.24) is 4.98 Å². The molecule has 1 aromatic heterocycles. The fourth-order valence-electron chi connectivity index (χ4n) is 2.01. The summed E-state index contributed by atoms with van der Waals surface area (Å²) in [7, 11) is 3.16. The predicted molar refractivity (Wildman–Crippen MR) is 80.9 cm³/mol. The van der Waals surface area contributed by atoms with Crippen LogP contribution in [0.25, 0.3) is 0 Å². The molecule has 2 rings (SSSR count). The van der Waals surface area contributed by atoms with Crippen LogP contribution in [-0.2, 0) is 11.2 Å². The third-order valence-corrected chi connectivity index (χ3v) is 3.13. The molecule has 0 fully saturated rings. The SMILES string of the molecule is COc1cc(C)c(CC(=O)Nc2ccccn2)cc1OC. The molecular formula is C16H18N2O3. The Kier molecular flexibility index (Phi) is 4.77. The molecular weight excluding hydrogens is 268 g/mol. The summed E-state index contributed by atoms with van der Waals surface area (Å²) in [5, 5.41) is 2.76. The van der Waals surface area contributed by atoms with Crippen LogP contribution in [0.1, 0.15) is 11.1 Å². The number of hydrogen-bond acceptors (Lipinski definition) is 4. The number of carbonyl (C=O) groups excluding carboxylic acids is 1. The van der Waals surface area contributed by atoms with Crippen LogP contribution in [0.2, 0.25) is 0 Å². The number of nitrogens with one attached hydrogen (secondary N) is 1. The van der Waals surface area contributed by atoms with Crippen LogP contribution in [0.15, 0.2) is 36.5 Å². The molecule has 110 valence electrons. The van der Waals surface area contributed by atoms with Crippen LogP contribution < -0.4 is 14.8 Å². The van der Waals surface area contributed by atoms with E-state index in [0.29, 0.717) is 17.3 Å². The molecule has 0 atom stereocenters. The van der Waals surface area contributed by atoms with E-state index in [2.05, 4.69) is 10.3 Å². The standard InChI is InChI=1S/C16H18N2O3/c1-11-8-13(20-2)14(21-3)9-12(11)10-16(19)18-15-6-4-5-7-17-15/h4-9H,10H2,1-3H3,(H,17,18,19). The maximum absolute atomic E-state index is 12.1. The smallest absolute Gasteiger partial charge is 0.229 e. The molecule has 0 aliphatic heterocycles. The van der Waals surface area contributed by atoms with Crippen LogP contribution >= 0.6 is 0 Å². The Morgan fingerprint density at radius 3 is 2.52 bits per heavy atom. The number of hydrogen-bond donors (Lipinski definition) is 1. The summed E-state index contributed by atoms with van der Waals surface area (Å²) in [6, 6.07) is 9.06. The normalized spacial score (nSPS) is 10.0. The Labute approximate surface area is 123 Å². The maximum atomic E-state index is 12.1. The Balaban J connectivity index is 2.14. The first-order valence-electron chi connectivity index (χ1n) is 6.56. The molecule has 5 heteroatoms. The number of amides is 1. The van der Waals surface area contributed by atoms with Gasteiger partial charge in [0, 0.05) is 6.20 Å². The van der Waals surface area contributed by atoms with Crippen molar-refractivity contribution in [3.8, 4) is 11.5 Å². The number of rotatable bonds is 5. The molecule has 0 bridgehead atoms. The van der Waals surface area contributed by atoms with Gasteiger partial charge in [0.05, 0.1) is 20.6 Å². The fourth-order valence-corrected chi connectivity index (χ4v) is 2.01. The van der Waals surface area contributed by atoms with Gasteiger partial charge in [0.15, 0.2) is 11.5 Å². The van der Waals surface area contributed by atoms with Crippen molar-refractivity contribution in [2.75, 3.05) is 19.5 Å². The van der Waals surface area contributed by atoms with Gasteiger partial charge in [0.2, 0.25) is 5.91 Å². The fraction of sp³-hybridized carbons (Fsp3) is 0.250. The van der Waals surface area contributed by atoms with Gasteiger partial charge < -0.3 is 14.8 Å². The summed E-state index contributed by atoms with van der Waals surface area (Å²) in [5.41, 5.74) is 1.87. The monoisotopic (exact) mass is 286 g/mol. The number of anilines is 1. The molecule has 0 radical (unpaired) electrons. The zero-order valence-electron chi connectivity index (χ0n) is 12.3. The van der Waals surface area contributed by atoms with Gasteiger partial charge in [-0.1, -0.05) is 6.07 Å². The maximum Gasteiger partial charge on any atom is 0.229 e. The van der Waals surface area contributed by atoms with Crippen molar-refractivity contribution in [3.63, 3.8) is 0 Å². The molecule has 1 heterocycles. The molecule has 1 amide bonds. The number of nitrogens with zero attached hydrogens (tertiary/aromatic N) is 1. The minimum atomic E-state index is -0.121. The Morgan fingerprint density at radius 1 is 1.19 bits per heavy atom. The zero-order chi connectivity index (χ0) is 15.2. The second kappa shape index (κ2) is 6.74. The number of carbonyl (C=O) groups is 1. The van der Waals surface area contributed by atoms with E-state index in [4.69, 9.17) is 9.47 Å². The average Bonchev–Trinajstić information content (AvgIpc) is 2.49. The van der Waals surface area contributed by atoms with Gasteiger partial charge in [-0.05, 0) is 42.3 Å². The van der Waals surface area contributed by atoms with E-state index in [9.17, 15) is 4.79 Å². The summed E-state index contributed by atoms with van der Waals surface area (Å²) in [6.45, 7) is 1.94. The van der Waals surface area contributed by atoms with Crippen LogP contribution in [-0.4, -0.2) is 25.1 Å². The number of pyridine rings is 1. The lowest BCUT2D eigenvalue weighted by molar-refractivity contribution is -0.115. The highest BCUT2D eigenvalue weighted by Crippen LogP contribution is 2.30. The second-order valence-corrected chi connectivity index (χ2v) is 4.57. The lowest BCUT2D eigenvalue weighted by Crippen LogP contribution is -2.16. The highest BCUT2D eigenvalue weighted by Gasteiger charge is 2.12. The van der Waals surface area contributed by atoms with E-state index in [-0.39, 0.29) is 12.3 Å². The third-order valence-electron chi connectivity index (χ3n) is 3.13. The Morgan fingerprint density at radius 2 is 1.90 bits per heavy atom. The summed E-state index contributed by atoms with van der Waals surface area (Å²) in [4.78, 5) is 16.1. The Hall–Kier alpha value is -2.56. The molecule has 21 heavy (non-hydrogen) atoms. The van der Waals surface area contributed by atoms with Crippen LogP contribution in [0.4, 0.5) is 5.82 Å². The van der Waals surface area contributed by atoms with E-state index in [1.165, 1.54) is 0 Å². The first-order valence-corrected chi connectivity index (χ1v) is 6.56. The van der Waals surface area contributed by atoms with Crippen molar-refractivity contribution >= 4 is 11.7 Å². The van der Waals surface area contributed by atoms with Crippen LogP contribution in [0.5, 0.6) is 11.5 Å². The molecule has 1 N–H and O–H groups in total. The summed E-state index contributed by atoms with van der Waals surface area (Å²) >= 11 is 0. The number of aryl methyl sites for hydroxylation is 1. The number of ether oxygens (including phenoxy) is 2. The lowest BCUT2D eigenvalue weighted by atomic mass is 10.0. The first-order chi connectivity index (χ1) is 10.1. The molecule has 5 nitrogen and oxygen atoms in total. The number of aromatic nitrogens is 1. The molecule has 0 unspecified atom stereocenters. The second-order valence-electron chi connectivity index (χ2n) is 4.57. The number of benzene rings is 1. The highest BCUT2D eigenvalue weighted by atomic mass is 16.5. The van der Waals surface area contributed by atoms with Gasteiger partial charge in [-0.15, -0.1) is 0 Å². The van der Waals surface area contributed by atoms with Crippen LogP contribution in [0, 0.1) is 6.92 Å². The lowest BCUT2D eigenvalue weighted by Gasteiger charge is -2.12. The predicted octanol–water partition coefficient (Wildman–Crippen LogP) is 2.59. The molecule has 0 aliphatic carbocycles. The van der Waals surface area contributed by atoms with Crippen molar-refractivity contribution in [3.05, 3.63) is 47.7 Å². The topological polar surface area (TPSA) is 60.5 Å². The van der Waals surface area contributed by atoms with Crippen molar-refractivity contribution in [1.29, 1.82) is 0 Å². The van der Waals surface area contributed by atoms with Crippen molar-refractivity contribution in [2.45, 2.75) is 13.3 Å². The quantitative estimate of drug-likeness (QED) is 0.917. The van der Waals surface area contributed by atoms with Gasteiger partial charge in [-0.25, -0.2) is 4.98 Å². The van der Waals surface area contributed by atoms with E-state index in [1.54, 1.807) is 32.5 Å². The van der Waals surface area contributed by atoms with Gasteiger partial charge in [-0.2, -0.15) is 0 Å². The molecule has 0 saturated heterocycles. The molecule has 0 aliphatic rings. The van der Waals surface area contributed by atoms with Crippen molar-refractivity contribution in [2.24, 2.45) is 0 Å². The van der Waals surface area contributed by atoms with Gasteiger partial charge in [-0.3, -0.25) is 4.79 Å². The van der Waals surface area contributed by atoms with Gasteiger partial charge in [0.25, 0.3) is 0 Å².